The normalized spacial score (nSPS) is 21.8. The molecule has 0 saturated carbocycles. The molecule has 1 amide bonds. The lowest BCUT2D eigenvalue weighted by Gasteiger charge is -2.37. The van der Waals surface area contributed by atoms with Crippen molar-refractivity contribution in [3.63, 3.8) is 0 Å². The first-order valence-corrected chi connectivity index (χ1v) is 10.2. The largest absolute Gasteiger partial charge is 0.493 e. The van der Waals surface area contributed by atoms with Crippen molar-refractivity contribution in [3.8, 4) is 17.2 Å². The van der Waals surface area contributed by atoms with E-state index in [1.54, 1.807) is 19.1 Å². The second-order valence-electron chi connectivity index (χ2n) is 7.37. The number of aliphatic imine (C=N–C) groups is 1. The number of benzene rings is 1. The van der Waals surface area contributed by atoms with Crippen LogP contribution < -0.4 is 19.5 Å². The SMILES string of the molecule is CCOC(=O)[C@@H]1C(=O)NC(N2CCN(C)CC2)=N[C@H]1c1cc(OC)c(OC)c(OC)c1. The minimum Gasteiger partial charge on any atom is -0.493 e. The van der Waals surface area contributed by atoms with Gasteiger partial charge in [0.05, 0.1) is 27.9 Å². The Bertz CT molecular complexity index is 825. The van der Waals surface area contributed by atoms with Crippen LogP contribution in [0.25, 0.3) is 0 Å². The van der Waals surface area contributed by atoms with Crippen molar-refractivity contribution in [3.05, 3.63) is 17.7 Å². The molecule has 2 atom stereocenters. The maximum atomic E-state index is 13.0. The number of ether oxygens (including phenoxy) is 4. The molecule has 31 heavy (non-hydrogen) atoms. The number of rotatable bonds is 6. The van der Waals surface area contributed by atoms with Crippen LogP contribution in [-0.4, -0.2) is 88.8 Å². The van der Waals surface area contributed by atoms with Crippen LogP contribution in [0.3, 0.4) is 0 Å². The molecule has 0 aliphatic carbocycles. The number of amides is 1. The van der Waals surface area contributed by atoms with Crippen LogP contribution in [0, 0.1) is 5.92 Å². The first kappa shape index (κ1) is 22.7. The zero-order chi connectivity index (χ0) is 22.5. The van der Waals surface area contributed by atoms with Gasteiger partial charge in [0.25, 0.3) is 0 Å². The van der Waals surface area contributed by atoms with Gasteiger partial charge in [-0.15, -0.1) is 0 Å². The van der Waals surface area contributed by atoms with Gasteiger partial charge < -0.3 is 28.7 Å². The van der Waals surface area contributed by atoms with Crippen molar-refractivity contribution in [1.82, 2.24) is 15.1 Å². The number of hydrogen-bond donors (Lipinski definition) is 1. The van der Waals surface area contributed by atoms with Crippen molar-refractivity contribution in [1.29, 1.82) is 0 Å². The molecular formula is C21H30N4O6. The number of guanidine groups is 1. The van der Waals surface area contributed by atoms with E-state index in [1.807, 2.05) is 11.9 Å². The quantitative estimate of drug-likeness (QED) is 0.515. The number of nitrogens with one attached hydrogen (secondary N) is 1. The number of hydrogen-bond acceptors (Lipinski definition) is 9. The Balaban J connectivity index is 2.07. The fourth-order valence-electron chi connectivity index (χ4n) is 3.76. The van der Waals surface area contributed by atoms with Crippen LogP contribution in [0.5, 0.6) is 17.2 Å². The summed E-state index contributed by atoms with van der Waals surface area (Å²) in [6, 6.07) is 2.63. The molecule has 10 nitrogen and oxygen atoms in total. The van der Waals surface area contributed by atoms with E-state index in [4.69, 9.17) is 23.9 Å². The molecule has 1 aromatic rings. The zero-order valence-electron chi connectivity index (χ0n) is 18.6. The third kappa shape index (κ3) is 4.68. The highest BCUT2D eigenvalue weighted by atomic mass is 16.5. The average Bonchev–Trinajstić information content (AvgIpc) is 2.77. The molecule has 2 heterocycles. The molecule has 10 heteroatoms. The van der Waals surface area contributed by atoms with Gasteiger partial charge in [0.2, 0.25) is 17.6 Å². The highest BCUT2D eigenvalue weighted by Gasteiger charge is 2.42. The second kappa shape index (κ2) is 9.86. The van der Waals surface area contributed by atoms with Crippen LogP contribution >= 0.6 is 0 Å². The van der Waals surface area contributed by atoms with Gasteiger partial charge in [-0.3, -0.25) is 14.9 Å². The lowest BCUT2D eigenvalue weighted by Crippen LogP contribution is -2.56. The van der Waals surface area contributed by atoms with Gasteiger partial charge in [-0.05, 0) is 31.7 Å². The van der Waals surface area contributed by atoms with Gasteiger partial charge in [0, 0.05) is 26.2 Å². The Morgan fingerprint density at radius 1 is 1.10 bits per heavy atom. The smallest absolute Gasteiger partial charge is 0.321 e. The molecule has 0 aromatic heterocycles. The Hall–Kier alpha value is -3.01. The first-order valence-electron chi connectivity index (χ1n) is 10.2. The lowest BCUT2D eigenvalue weighted by atomic mass is 9.90. The minimum atomic E-state index is -1.13. The summed E-state index contributed by atoms with van der Waals surface area (Å²) in [6.07, 6.45) is 0. The Kier molecular flexibility index (Phi) is 7.21. The highest BCUT2D eigenvalue weighted by Crippen LogP contribution is 2.42. The summed E-state index contributed by atoms with van der Waals surface area (Å²) in [4.78, 5) is 34.7. The maximum absolute atomic E-state index is 13.0. The molecule has 1 aromatic carbocycles. The number of esters is 1. The molecule has 0 bridgehead atoms. The van der Waals surface area contributed by atoms with Gasteiger partial charge >= 0.3 is 5.97 Å². The fraction of sp³-hybridized carbons (Fsp3) is 0.571. The molecule has 1 N–H and O–H groups in total. The molecule has 3 rings (SSSR count). The van der Waals surface area contributed by atoms with Crippen molar-refractivity contribution >= 4 is 17.8 Å². The standard InChI is InChI=1S/C21H30N4O6/c1-6-31-20(27)16-17(13-11-14(28-3)18(30-5)15(12-13)29-4)22-21(23-19(16)26)25-9-7-24(2)8-10-25/h11-12,16-17H,6-10H2,1-5H3,(H,22,23,26)/t16-,17-/m0/s1. The zero-order valence-corrected chi connectivity index (χ0v) is 18.6. The van der Waals surface area contributed by atoms with Gasteiger partial charge in [-0.25, -0.2) is 4.99 Å². The van der Waals surface area contributed by atoms with E-state index < -0.39 is 23.8 Å². The summed E-state index contributed by atoms with van der Waals surface area (Å²) in [6.45, 7) is 5.02. The van der Waals surface area contributed by atoms with Crippen molar-refractivity contribution < 1.29 is 28.5 Å². The van der Waals surface area contributed by atoms with Crippen LogP contribution in [-0.2, 0) is 14.3 Å². The van der Waals surface area contributed by atoms with Crippen molar-refractivity contribution in [2.45, 2.75) is 13.0 Å². The van der Waals surface area contributed by atoms with E-state index in [0.29, 0.717) is 28.8 Å². The van der Waals surface area contributed by atoms with Gasteiger partial charge in [-0.2, -0.15) is 0 Å². The number of nitrogens with zero attached hydrogens (tertiary/aromatic N) is 3. The van der Waals surface area contributed by atoms with E-state index in [2.05, 4.69) is 10.2 Å². The second-order valence-corrected chi connectivity index (χ2v) is 7.37. The average molecular weight is 434 g/mol. The van der Waals surface area contributed by atoms with Crippen LogP contribution in [0.15, 0.2) is 17.1 Å². The summed E-state index contributed by atoms with van der Waals surface area (Å²) in [7, 11) is 6.58. The Labute approximate surface area is 182 Å². The van der Waals surface area contributed by atoms with E-state index >= 15 is 0 Å². The molecule has 2 aliphatic rings. The van der Waals surface area contributed by atoms with Gasteiger partial charge in [-0.1, -0.05) is 0 Å². The maximum Gasteiger partial charge on any atom is 0.321 e. The molecule has 0 radical (unpaired) electrons. The third-order valence-corrected chi connectivity index (χ3v) is 5.47. The summed E-state index contributed by atoms with van der Waals surface area (Å²) in [5.74, 6) is -0.481. The number of likely N-dealkylation sites (N-methyl/N-ethyl adjacent to an activating group) is 1. The highest BCUT2D eigenvalue weighted by molar-refractivity contribution is 6.08. The minimum absolute atomic E-state index is 0.166. The number of methoxy groups -OCH3 is 3. The number of carbonyl (C=O) groups is 2. The number of piperazine rings is 1. The van der Waals surface area contributed by atoms with Crippen molar-refractivity contribution in [2.75, 3.05) is 61.2 Å². The van der Waals surface area contributed by atoms with Crippen LogP contribution in [0.1, 0.15) is 18.5 Å². The Morgan fingerprint density at radius 3 is 2.23 bits per heavy atom. The summed E-state index contributed by atoms with van der Waals surface area (Å²) < 4.78 is 21.5. The molecule has 0 unspecified atom stereocenters. The van der Waals surface area contributed by atoms with Crippen LogP contribution in [0.2, 0.25) is 0 Å². The molecule has 2 aliphatic heterocycles. The van der Waals surface area contributed by atoms with E-state index in [-0.39, 0.29) is 6.61 Å². The van der Waals surface area contributed by atoms with E-state index in [1.165, 1.54) is 21.3 Å². The van der Waals surface area contributed by atoms with E-state index in [0.717, 1.165) is 26.2 Å². The van der Waals surface area contributed by atoms with Gasteiger partial charge in [0.15, 0.2) is 17.4 Å². The summed E-state index contributed by atoms with van der Waals surface area (Å²) in [5.41, 5.74) is 0.592. The topological polar surface area (TPSA) is 102 Å². The lowest BCUT2D eigenvalue weighted by molar-refractivity contribution is -0.153. The van der Waals surface area contributed by atoms with Crippen LogP contribution in [0.4, 0.5) is 0 Å². The molecule has 1 saturated heterocycles. The fourth-order valence-corrected chi connectivity index (χ4v) is 3.76. The monoisotopic (exact) mass is 434 g/mol. The molecular weight excluding hydrogens is 404 g/mol. The number of carbonyl (C=O) groups excluding carboxylic acids is 2. The predicted octanol–water partition coefficient (Wildman–Crippen LogP) is 0.666. The first-order chi connectivity index (χ1) is 14.9. The third-order valence-electron chi connectivity index (χ3n) is 5.47. The van der Waals surface area contributed by atoms with E-state index in [9.17, 15) is 9.59 Å². The summed E-state index contributed by atoms with van der Waals surface area (Å²) in [5, 5.41) is 2.80. The summed E-state index contributed by atoms with van der Waals surface area (Å²) >= 11 is 0. The molecule has 170 valence electrons. The molecule has 1 fully saturated rings. The molecule has 0 spiro atoms. The Morgan fingerprint density at radius 2 is 1.71 bits per heavy atom. The van der Waals surface area contributed by atoms with Gasteiger partial charge in [0.1, 0.15) is 6.04 Å². The van der Waals surface area contributed by atoms with Crippen molar-refractivity contribution in [2.24, 2.45) is 10.9 Å². The predicted molar refractivity (Wildman–Crippen MR) is 114 cm³/mol.